The van der Waals surface area contributed by atoms with Crippen LogP contribution in [0.1, 0.15) is 37.7 Å². The van der Waals surface area contributed by atoms with Crippen molar-refractivity contribution in [1.29, 1.82) is 0 Å². The second kappa shape index (κ2) is 4.34. The SMILES string of the molecule is Oc1cccc(C2(CN3CCC3)CCCC2)c1. The number of phenolic OH excluding ortho intramolecular Hbond substituents is 1. The summed E-state index contributed by atoms with van der Waals surface area (Å²) >= 11 is 0. The number of hydrogen-bond acceptors (Lipinski definition) is 2. The molecule has 1 aliphatic heterocycles. The highest BCUT2D eigenvalue weighted by atomic mass is 16.3. The molecule has 1 saturated heterocycles. The zero-order valence-corrected chi connectivity index (χ0v) is 10.4. The van der Waals surface area contributed by atoms with Gasteiger partial charge in [0.05, 0.1) is 0 Å². The molecule has 3 rings (SSSR count). The van der Waals surface area contributed by atoms with Crippen LogP contribution < -0.4 is 0 Å². The van der Waals surface area contributed by atoms with Crippen LogP contribution in [0.25, 0.3) is 0 Å². The standard InChI is InChI=1S/C15H21NO/c17-14-6-3-5-13(11-14)15(7-1-2-8-15)12-16-9-4-10-16/h3,5-6,11,17H,1-2,4,7-10,12H2. The van der Waals surface area contributed by atoms with Gasteiger partial charge in [-0.3, -0.25) is 0 Å². The maximum atomic E-state index is 9.68. The second-order valence-corrected chi connectivity index (χ2v) is 5.67. The van der Waals surface area contributed by atoms with Crippen LogP contribution >= 0.6 is 0 Å². The van der Waals surface area contributed by atoms with E-state index in [9.17, 15) is 5.11 Å². The highest BCUT2D eigenvalue weighted by molar-refractivity contribution is 5.34. The molecule has 1 aromatic carbocycles. The molecule has 0 unspecified atom stereocenters. The Morgan fingerprint density at radius 1 is 1.12 bits per heavy atom. The summed E-state index contributed by atoms with van der Waals surface area (Å²) in [5.41, 5.74) is 1.67. The highest BCUT2D eigenvalue weighted by Crippen LogP contribution is 2.43. The Labute approximate surface area is 103 Å². The molecule has 1 aliphatic carbocycles. The molecule has 1 N–H and O–H groups in total. The van der Waals surface area contributed by atoms with Crippen molar-refractivity contribution in [3.05, 3.63) is 29.8 Å². The largest absolute Gasteiger partial charge is 0.508 e. The van der Waals surface area contributed by atoms with Crippen LogP contribution in [0.4, 0.5) is 0 Å². The van der Waals surface area contributed by atoms with Gasteiger partial charge < -0.3 is 10.0 Å². The van der Waals surface area contributed by atoms with Crippen molar-refractivity contribution in [2.45, 2.75) is 37.5 Å². The van der Waals surface area contributed by atoms with Crippen LogP contribution in [-0.2, 0) is 5.41 Å². The lowest BCUT2D eigenvalue weighted by molar-refractivity contribution is 0.136. The van der Waals surface area contributed by atoms with E-state index in [4.69, 9.17) is 0 Å². The number of nitrogens with zero attached hydrogens (tertiary/aromatic N) is 1. The summed E-state index contributed by atoms with van der Waals surface area (Å²) in [6, 6.07) is 7.94. The first-order valence-corrected chi connectivity index (χ1v) is 6.80. The van der Waals surface area contributed by atoms with Crippen molar-refractivity contribution < 1.29 is 5.11 Å². The van der Waals surface area contributed by atoms with Crippen molar-refractivity contribution in [2.75, 3.05) is 19.6 Å². The Balaban J connectivity index is 1.87. The molecule has 0 atom stereocenters. The molecule has 0 amide bonds. The van der Waals surface area contributed by atoms with Crippen LogP contribution in [0.2, 0.25) is 0 Å². The van der Waals surface area contributed by atoms with Crippen LogP contribution in [0.5, 0.6) is 5.75 Å². The Bertz CT molecular complexity index is 392. The smallest absolute Gasteiger partial charge is 0.115 e. The highest BCUT2D eigenvalue weighted by Gasteiger charge is 2.38. The third-order valence-electron chi connectivity index (χ3n) is 4.49. The quantitative estimate of drug-likeness (QED) is 0.864. The van der Waals surface area contributed by atoms with Crippen LogP contribution in [-0.4, -0.2) is 29.6 Å². The Hall–Kier alpha value is -1.02. The molecule has 17 heavy (non-hydrogen) atoms. The zero-order chi connectivity index (χ0) is 11.7. The Morgan fingerprint density at radius 3 is 2.47 bits per heavy atom. The summed E-state index contributed by atoms with van der Waals surface area (Å²) in [5, 5.41) is 9.68. The van der Waals surface area contributed by atoms with Crippen LogP contribution in [0.3, 0.4) is 0 Å². The number of phenols is 1. The molecular weight excluding hydrogens is 210 g/mol. The van der Waals surface area contributed by atoms with E-state index in [1.807, 2.05) is 12.1 Å². The Kier molecular flexibility index (Phi) is 2.83. The van der Waals surface area contributed by atoms with Gasteiger partial charge in [-0.1, -0.05) is 25.0 Å². The van der Waals surface area contributed by atoms with Crippen molar-refractivity contribution in [3.63, 3.8) is 0 Å². The lowest BCUT2D eigenvalue weighted by Crippen LogP contribution is -2.46. The fourth-order valence-corrected chi connectivity index (χ4v) is 3.39. The lowest BCUT2D eigenvalue weighted by atomic mass is 9.78. The van der Waals surface area contributed by atoms with Crippen molar-refractivity contribution in [1.82, 2.24) is 4.90 Å². The first-order valence-electron chi connectivity index (χ1n) is 6.80. The molecule has 2 heteroatoms. The molecule has 1 heterocycles. The van der Waals surface area contributed by atoms with Crippen molar-refractivity contribution >= 4 is 0 Å². The minimum Gasteiger partial charge on any atom is -0.508 e. The van der Waals surface area contributed by atoms with Gasteiger partial charge in [0.2, 0.25) is 0 Å². The van der Waals surface area contributed by atoms with Crippen LogP contribution in [0.15, 0.2) is 24.3 Å². The van der Waals surface area contributed by atoms with E-state index in [0.717, 1.165) is 0 Å². The summed E-state index contributed by atoms with van der Waals surface area (Å²) in [4.78, 5) is 2.56. The summed E-state index contributed by atoms with van der Waals surface area (Å²) in [6.45, 7) is 3.72. The third-order valence-corrected chi connectivity index (χ3v) is 4.49. The molecule has 0 bridgehead atoms. The molecule has 0 radical (unpaired) electrons. The Morgan fingerprint density at radius 2 is 1.88 bits per heavy atom. The first-order chi connectivity index (χ1) is 8.28. The summed E-state index contributed by atoms with van der Waals surface area (Å²) < 4.78 is 0. The van der Waals surface area contributed by atoms with E-state index in [0.29, 0.717) is 11.2 Å². The average Bonchev–Trinajstić information content (AvgIpc) is 2.73. The number of hydrogen-bond donors (Lipinski definition) is 1. The fraction of sp³-hybridized carbons (Fsp3) is 0.600. The molecular formula is C15H21NO. The van der Waals surface area contributed by atoms with Gasteiger partial charge in [-0.05, 0) is 50.0 Å². The van der Waals surface area contributed by atoms with Gasteiger partial charge >= 0.3 is 0 Å². The third kappa shape index (κ3) is 2.06. The molecule has 0 spiro atoms. The number of aromatic hydroxyl groups is 1. The molecule has 92 valence electrons. The molecule has 1 saturated carbocycles. The normalized spacial score (nSPS) is 23.5. The minimum atomic E-state index is 0.319. The topological polar surface area (TPSA) is 23.5 Å². The van der Waals surface area contributed by atoms with Crippen molar-refractivity contribution in [3.8, 4) is 5.75 Å². The van der Waals surface area contributed by atoms with Crippen LogP contribution in [0, 0.1) is 0 Å². The zero-order valence-electron chi connectivity index (χ0n) is 10.4. The molecule has 2 nitrogen and oxygen atoms in total. The van der Waals surface area contributed by atoms with Gasteiger partial charge in [0, 0.05) is 12.0 Å². The van der Waals surface area contributed by atoms with Gasteiger partial charge in [-0.2, -0.15) is 0 Å². The van der Waals surface area contributed by atoms with E-state index >= 15 is 0 Å². The van der Waals surface area contributed by atoms with Crippen molar-refractivity contribution in [2.24, 2.45) is 0 Å². The van der Waals surface area contributed by atoms with E-state index in [2.05, 4.69) is 11.0 Å². The van der Waals surface area contributed by atoms with E-state index in [1.165, 1.54) is 57.3 Å². The van der Waals surface area contributed by atoms with E-state index in [-0.39, 0.29) is 0 Å². The first kappa shape index (κ1) is 11.1. The number of likely N-dealkylation sites (tertiary alicyclic amines) is 1. The molecule has 0 aromatic heterocycles. The van der Waals surface area contributed by atoms with Gasteiger partial charge in [0.25, 0.3) is 0 Å². The fourth-order valence-electron chi connectivity index (χ4n) is 3.39. The average molecular weight is 231 g/mol. The number of rotatable bonds is 3. The maximum Gasteiger partial charge on any atom is 0.115 e. The predicted molar refractivity (Wildman–Crippen MR) is 69.3 cm³/mol. The van der Waals surface area contributed by atoms with E-state index < -0.39 is 0 Å². The number of benzene rings is 1. The monoisotopic (exact) mass is 231 g/mol. The summed E-state index contributed by atoms with van der Waals surface area (Å²) in [6.07, 6.45) is 6.60. The van der Waals surface area contributed by atoms with Gasteiger partial charge in [-0.15, -0.1) is 0 Å². The lowest BCUT2D eigenvalue weighted by Gasteiger charge is -2.40. The summed E-state index contributed by atoms with van der Waals surface area (Å²) in [5.74, 6) is 0.414. The van der Waals surface area contributed by atoms with Gasteiger partial charge in [-0.25, -0.2) is 0 Å². The van der Waals surface area contributed by atoms with Gasteiger partial charge in [0.15, 0.2) is 0 Å². The van der Waals surface area contributed by atoms with Gasteiger partial charge in [0.1, 0.15) is 5.75 Å². The second-order valence-electron chi connectivity index (χ2n) is 5.67. The maximum absolute atomic E-state index is 9.68. The molecule has 2 fully saturated rings. The summed E-state index contributed by atoms with van der Waals surface area (Å²) in [7, 11) is 0. The minimum absolute atomic E-state index is 0.319. The predicted octanol–water partition coefficient (Wildman–Crippen LogP) is 2.91. The van der Waals surface area contributed by atoms with E-state index in [1.54, 1.807) is 6.07 Å². The molecule has 1 aromatic rings. The molecule has 2 aliphatic rings.